The number of hydrogen-bond acceptors (Lipinski definition) is 3. The molecule has 6 heteroatoms. The molecule has 0 unspecified atom stereocenters. The molecule has 2 aromatic heterocycles. The van der Waals surface area contributed by atoms with Crippen molar-refractivity contribution in [3.8, 4) is 11.8 Å². The highest BCUT2D eigenvalue weighted by Crippen LogP contribution is 2.46. The average Bonchev–Trinajstić information content (AvgIpc) is 3.48. The van der Waals surface area contributed by atoms with Crippen LogP contribution in [0.3, 0.4) is 0 Å². The summed E-state index contributed by atoms with van der Waals surface area (Å²) < 4.78 is 3.25. The van der Waals surface area contributed by atoms with Crippen molar-refractivity contribution >= 4 is 51.2 Å². The Balaban J connectivity index is 1.89. The zero-order valence-corrected chi connectivity index (χ0v) is 19.0. The molecule has 1 aliphatic rings. The molecular weight excluding hydrogens is 475 g/mol. The van der Waals surface area contributed by atoms with Gasteiger partial charge in [-0.1, -0.05) is 12.8 Å². The maximum atomic E-state index is 13.2. The molecule has 2 heterocycles. The Hall–Kier alpha value is -2.40. The largest absolute Gasteiger partial charge is 0.330 e. The van der Waals surface area contributed by atoms with E-state index < -0.39 is 0 Å². The number of halogens is 1. The van der Waals surface area contributed by atoms with Crippen molar-refractivity contribution in [1.82, 2.24) is 14.5 Å². The summed E-state index contributed by atoms with van der Waals surface area (Å²) >= 11 is 2.36. The number of pyridine rings is 1. The van der Waals surface area contributed by atoms with E-state index in [1.54, 1.807) is 11.2 Å². The second kappa shape index (κ2) is 8.15. The zero-order valence-electron chi connectivity index (χ0n) is 16.9. The fraction of sp³-hybridized carbons (Fsp3) is 0.348. The summed E-state index contributed by atoms with van der Waals surface area (Å²) in [7, 11) is 0. The summed E-state index contributed by atoms with van der Waals surface area (Å²) in [5.74, 6) is 6.51. The van der Waals surface area contributed by atoms with Crippen molar-refractivity contribution in [2.24, 2.45) is 0 Å². The first-order valence-electron chi connectivity index (χ1n) is 9.98. The molecule has 1 amide bonds. The average molecular weight is 498 g/mol. The second-order valence-electron chi connectivity index (χ2n) is 7.27. The summed E-state index contributed by atoms with van der Waals surface area (Å²) in [6, 6.07) is 8.18. The lowest BCUT2D eigenvalue weighted by Crippen LogP contribution is -2.26. The topological polar surface area (TPSA) is 51.0 Å². The van der Waals surface area contributed by atoms with Crippen LogP contribution in [0.1, 0.15) is 50.2 Å². The number of amides is 1. The van der Waals surface area contributed by atoms with Crippen LogP contribution in [-0.4, -0.2) is 20.4 Å². The van der Waals surface area contributed by atoms with E-state index >= 15 is 0 Å². The van der Waals surface area contributed by atoms with E-state index in [0.717, 1.165) is 36.2 Å². The Morgan fingerprint density at radius 2 is 2.10 bits per heavy atom. The third kappa shape index (κ3) is 3.88. The minimum Gasteiger partial charge on any atom is -0.330 e. The molecule has 4 rings (SSSR count). The van der Waals surface area contributed by atoms with Crippen molar-refractivity contribution in [3.05, 3.63) is 45.3 Å². The van der Waals surface area contributed by atoms with Gasteiger partial charge in [0.05, 0.1) is 17.5 Å². The smallest absolute Gasteiger partial charge is 0.308 e. The molecule has 1 saturated carbocycles. The third-order valence-electron chi connectivity index (χ3n) is 5.18. The van der Waals surface area contributed by atoms with Gasteiger partial charge < -0.3 is 4.57 Å². The molecule has 0 N–H and O–H groups in total. The fourth-order valence-corrected chi connectivity index (χ4v) is 3.96. The number of nitrogens with zero attached hydrogens (tertiary/aromatic N) is 4. The van der Waals surface area contributed by atoms with Crippen LogP contribution in [0, 0.1) is 22.3 Å². The summed E-state index contributed by atoms with van der Waals surface area (Å²) in [6.45, 7) is 6.91. The van der Waals surface area contributed by atoms with Gasteiger partial charge >= 0.3 is 5.91 Å². The molecular formula is C23H23IN4O. The molecule has 1 aromatic carbocycles. The van der Waals surface area contributed by atoms with Crippen LogP contribution in [-0.2, 0) is 11.3 Å². The maximum Gasteiger partial charge on any atom is 0.308 e. The van der Waals surface area contributed by atoms with Crippen molar-refractivity contribution in [2.45, 2.75) is 52.5 Å². The lowest BCUT2D eigenvalue weighted by Gasteiger charge is -2.23. The minimum absolute atomic E-state index is 0.254. The van der Waals surface area contributed by atoms with E-state index in [2.05, 4.69) is 65.4 Å². The molecule has 0 bridgehead atoms. The fourth-order valence-electron chi connectivity index (χ4n) is 3.47. The van der Waals surface area contributed by atoms with Crippen LogP contribution >= 0.6 is 22.6 Å². The van der Waals surface area contributed by atoms with Crippen LogP contribution in [0.15, 0.2) is 30.6 Å². The Bertz CT molecular complexity index is 1150. The van der Waals surface area contributed by atoms with Crippen LogP contribution in [0.4, 0.5) is 11.5 Å². The highest BCUT2D eigenvalue weighted by molar-refractivity contribution is 14.1. The Morgan fingerprint density at radius 3 is 2.79 bits per heavy atom. The second-order valence-corrected chi connectivity index (χ2v) is 8.44. The molecule has 0 atom stereocenters. The van der Waals surface area contributed by atoms with Gasteiger partial charge in [-0.05, 0) is 96.5 Å². The molecule has 3 aromatic rings. The summed E-state index contributed by atoms with van der Waals surface area (Å²) in [4.78, 5) is 24.0. The normalized spacial score (nSPS) is 13.2. The van der Waals surface area contributed by atoms with E-state index in [0.29, 0.717) is 23.8 Å². The first-order valence-corrected chi connectivity index (χ1v) is 11.1. The lowest BCUT2D eigenvalue weighted by molar-refractivity contribution is -0.112. The van der Waals surface area contributed by atoms with Gasteiger partial charge in [-0.2, -0.15) is 0 Å². The maximum absolute atomic E-state index is 13.2. The Labute approximate surface area is 184 Å². The summed E-state index contributed by atoms with van der Waals surface area (Å²) in [6.07, 6.45) is 4.73. The van der Waals surface area contributed by atoms with Crippen LogP contribution < -0.4 is 4.90 Å². The molecule has 29 heavy (non-hydrogen) atoms. The van der Waals surface area contributed by atoms with E-state index in [-0.39, 0.29) is 5.91 Å². The number of carbonyl (C=O) groups excluding carboxylic acids is 1. The van der Waals surface area contributed by atoms with Crippen molar-refractivity contribution in [3.63, 3.8) is 0 Å². The standard InChI is InChI=1S/C23H23IN4O/c1-4-6-7-22(29)28(20-12-15(3)18(24)13-17(20)16-8-9-16)21-11-10-19-23(26-21)25-14-27(19)5-2/h10-14,16H,4-5,8-9H2,1-3H3. The Morgan fingerprint density at radius 1 is 1.31 bits per heavy atom. The number of benzene rings is 1. The molecule has 5 nitrogen and oxygen atoms in total. The lowest BCUT2D eigenvalue weighted by atomic mass is 10.0. The van der Waals surface area contributed by atoms with Crippen molar-refractivity contribution in [2.75, 3.05) is 4.90 Å². The molecule has 0 radical (unpaired) electrons. The van der Waals surface area contributed by atoms with Crippen molar-refractivity contribution in [1.29, 1.82) is 0 Å². The first-order chi connectivity index (χ1) is 14.0. The number of aryl methyl sites for hydroxylation is 2. The van der Waals surface area contributed by atoms with Gasteiger partial charge in [0.25, 0.3) is 0 Å². The SMILES string of the molecule is CCC#CC(=O)N(c1ccc2c(ncn2CC)n1)c1cc(C)c(I)cc1C1CC1. The van der Waals surface area contributed by atoms with Crippen LogP contribution in [0.5, 0.6) is 0 Å². The van der Waals surface area contributed by atoms with E-state index in [1.807, 2.05) is 23.6 Å². The van der Waals surface area contributed by atoms with Gasteiger partial charge in [0.1, 0.15) is 5.82 Å². The van der Waals surface area contributed by atoms with Gasteiger partial charge in [-0.15, -0.1) is 0 Å². The quantitative estimate of drug-likeness (QED) is 0.362. The number of fused-ring (bicyclic) bond motifs is 1. The molecule has 0 aliphatic heterocycles. The first kappa shape index (κ1) is 19.9. The number of carbonyl (C=O) groups is 1. The number of imidazole rings is 1. The predicted octanol–water partition coefficient (Wildman–Crippen LogP) is 5.32. The molecule has 1 fully saturated rings. The minimum atomic E-state index is -0.254. The highest BCUT2D eigenvalue weighted by atomic mass is 127. The predicted molar refractivity (Wildman–Crippen MR) is 124 cm³/mol. The number of rotatable bonds is 4. The highest BCUT2D eigenvalue weighted by Gasteiger charge is 2.31. The van der Waals surface area contributed by atoms with Gasteiger partial charge in [0.15, 0.2) is 5.65 Å². The summed E-state index contributed by atoms with van der Waals surface area (Å²) in [5.41, 5.74) is 4.84. The van der Waals surface area contributed by atoms with Crippen LogP contribution in [0.2, 0.25) is 0 Å². The van der Waals surface area contributed by atoms with Crippen LogP contribution in [0.25, 0.3) is 11.2 Å². The Kier molecular flexibility index (Phi) is 5.59. The molecule has 0 saturated heterocycles. The van der Waals surface area contributed by atoms with Gasteiger partial charge in [-0.25, -0.2) is 9.97 Å². The number of hydrogen-bond donors (Lipinski definition) is 0. The van der Waals surface area contributed by atoms with E-state index in [1.165, 1.54) is 9.13 Å². The molecule has 1 aliphatic carbocycles. The van der Waals surface area contributed by atoms with Gasteiger partial charge in [0, 0.05) is 16.5 Å². The molecule has 0 spiro atoms. The monoisotopic (exact) mass is 498 g/mol. The van der Waals surface area contributed by atoms with E-state index in [9.17, 15) is 4.79 Å². The summed E-state index contributed by atoms with van der Waals surface area (Å²) in [5, 5.41) is 0. The third-order valence-corrected chi connectivity index (χ3v) is 6.34. The van der Waals surface area contributed by atoms with E-state index in [4.69, 9.17) is 4.98 Å². The number of anilines is 2. The van der Waals surface area contributed by atoms with Crippen molar-refractivity contribution < 1.29 is 4.79 Å². The molecule has 148 valence electrons. The van der Waals surface area contributed by atoms with Gasteiger partial charge in [-0.3, -0.25) is 9.69 Å². The number of aromatic nitrogens is 3. The zero-order chi connectivity index (χ0) is 20.5. The van der Waals surface area contributed by atoms with Gasteiger partial charge in [0.2, 0.25) is 0 Å².